The van der Waals surface area contributed by atoms with Crippen molar-refractivity contribution < 1.29 is 14.3 Å². The fraction of sp³-hybridized carbons (Fsp3) is 0.909. The lowest BCUT2D eigenvalue weighted by molar-refractivity contribution is 0.00659. The normalized spacial score (nSPS) is 32.6. The molecule has 0 aliphatic heterocycles. The van der Waals surface area contributed by atoms with Crippen LogP contribution in [0.1, 0.15) is 39.0 Å². The van der Waals surface area contributed by atoms with Gasteiger partial charge in [-0.2, -0.15) is 0 Å². The maximum Gasteiger partial charge on any atom is 0.508 e. The highest BCUT2D eigenvalue weighted by atomic mass is 16.7. The second kappa shape index (κ2) is 5.95. The molecule has 0 saturated heterocycles. The summed E-state index contributed by atoms with van der Waals surface area (Å²) in [6.45, 7) is 2.10. The number of methoxy groups -OCH3 is 1. The first-order valence-electron chi connectivity index (χ1n) is 5.63. The summed E-state index contributed by atoms with van der Waals surface area (Å²) in [7, 11) is 1.34. The van der Waals surface area contributed by atoms with Gasteiger partial charge in [0.2, 0.25) is 0 Å². The predicted octanol–water partition coefficient (Wildman–Crippen LogP) is 2.07. The standard InChI is InChI=1S/C11H21NO3/c1-8-6-7-9(12)4-3-5-10(8)15-11(13)14-2/h8-10H,3-7,12H2,1-2H3. The highest BCUT2D eigenvalue weighted by molar-refractivity contribution is 5.59. The molecule has 3 unspecified atom stereocenters. The Labute approximate surface area is 91.1 Å². The minimum atomic E-state index is -0.572. The molecule has 1 saturated carbocycles. The van der Waals surface area contributed by atoms with Crippen LogP contribution in [0.15, 0.2) is 0 Å². The van der Waals surface area contributed by atoms with E-state index in [-0.39, 0.29) is 6.10 Å². The molecule has 1 rings (SSSR count). The van der Waals surface area contributed by atoms with Gasteiger partial charge in [-0.25, -0.2) is 4.79 Å². The molecule has 0 heterocycles. The number of carbonyl (C=O) groups excluding carboxylic acids is 1. The molecule has 0 aromatic carbocycles. The van der Waals surface area contributed by atoms with E-state index >= 15 is 0 Å². The minimum Gasteiger partial charge on any atom is -0.438 e. The zero-order valence-electron chi connectivity index (χ0n) is 9.57. The van der Waals surface area contributed by atoms with E-state index in [1.807, 2.05) is 0 Å². The monoisotopic (exact) mass is 215 g/mol. The zero-order chi connectivity index (χ0) is 11.3. The van der Waals surface area contributed by atoms with Crippen LogP contribution in [0.5, 0.6) is 0 Å². The second-order valence-electron chi connectivity index (χ2n) is 4.36. The van der Waals surface area contributed by atoms with Crippen molar-refractivity contribution in [2.24, 2.45) is 11.7 Å². The summed E-state index contributed by atoms with van der Waals surface area (Å²) in [6, 6.07) is 0.312. The summed E-state index contributed by atoms with van der Waals surface area (Å²) in [5.41, 5.74) is 5.91. The summed E-state index contributed by atoms with van der Waals surface area (Å²) >= 11 is 0. The Balaban J connectivity index is 2.44. The predicted molar refractivity (Wildman–Crippen MR) is 57.5 cm³/mol. The molecule has 0 aromatic heterocycles. The van der Waals surface area contributed by atoms with Crippen molar-refractivity contribution in [1.29, 1.82) is 0 Å². The highest BCUT2D eigenvalue weighted by Crippen LogP contribution is 2.24. The van der Waals surface area contributed by atoms with E-state index in [0.29, 0.717) is 12.0 Å². The topological polar surface area (TPSA) is 61.5 Å². The summed E-state index contributed by atoms with van der Waals surface area (Å²) in [5, 5.41) is 0. The maximum atomic E-state index is 11.0. The van der Waals surface area contributed by atoms with E-state index in [1.54, 1.807) is 0 Å². The lowest BCUT2D eigenvalue weighted by atomic mass is 9.88. The van der Waals surface area contributed by atoms with E-state index in [4.69, 9.17) is 10.5 Å². The SMILES string of the molecule is COC(=O)OC1CCCC(N)CCC1C. The summed E-state index contributed by atoms with van der Waals surface area (Å²) in [4.78, 5) is 11.0. The molecular formula is C11H21NO3. The largest absolute Gasteiger partial charge is 0.508 e. The molecular weight excluding hydrogens is 194 g/mol. The molecule has 4 heteroatoms. The van der Waals surface area contributed by atoms with Crippen molar-refractivity contribution in [3.8, 4) is 0 Å². The van der Waals surface area contributed by atoms with Crippen LogP contribution >= 0.6 is 0 Å². The van der Waals surface area contributed by atoms with Gasteiger partial charge < -0.3 is 15.2 Å². The smallest absolute Gasteiger partial charge is 0.438 e. The molecule has 1 aliphatic rings. The number of carbonyl (C=O) groups is 1. The van der Waals surface area contributed by atoms with Gasteiger partial charge >= 0.3 is 6.16 Å². The molecule has 2 N–H and O–H groups in total. The first kappa shape index (κ1) is 12.3. The van der Waals surface area contributed by atoms with Crippen LogP contribution in [0.25, 0.3) is 0 Å². The van der Waals surface area contributed by atoms with Crippen LogP contribution in [0.2, 0.25) is 0 Å². The van der Waals surface area contributed by atoms with Crippen molar-refractivity contribution in [2.75, 3.05) is 7.11 Å². The average molecular weight is 215 g/mol. The Morgan fingerprint density at radius 1 is 1.27 bits per heavy atom. The molecule has 0 spiro atoms. The number of hydrogen-bond donors (Lipinski definition) is 1. The summed E-state index contributed by atoms with van der Waals surface area (Å²) in [5.74, 6) is 0.371. The lowest BCUT2D eigenvalue weighted by Crippen LogP contribution is -2.31. The van der Waals surface area contributed by atoms with Crippen molar-refractivity contribution in [3.05, 3.63) is 0 Å². The molecule has 0 amide bonds. The number of hydrogen-bond acceptors (Lipinski definition) is 4. The molecule has 1 aliphatic carbocycles. The molecule has 4 nitrogen and oxygen atoms in total. The highest BCUT2D eigenvalue weighted by Gasteiger charge is 2.24. The average Bonchev–Trinajstić information content (AvgIpc) is 2.22. The Kier molecular flexibility index (Phi) is 4.88. The van der Waals surface area contributed by atoms with Crippen LogP contribution in [0.4, 0.5) is 4.79 Å². The minimum absolute atomic E-state index is 0.00931. The van der Waals surface area contributed by atoms with Crippen molar-refractivity contribution >= 4 is 6.16 Å². The van der Waals surface area contributed by atoms with Crippen molar-refractivity contribution in [2.45, 2.75) is 51.2 Å². The van der Waals surface area contributed by atoms with Gasteiger partial charge in [0.25, 0.3) is 0 Å². The van der Waals surface area contributed by atoms with Gasteiger partial charge in [0.1, 0.15) is 6.10 Å². The Morgan fingerprint density at radius 3 is 2.67 bits per heavy atom. The lowest BCUT2D eigenvalue weighted by Gasteiger charge is -2.27. The molecule has 88 valence electrons. The third kappa shape index (κ3) is 4.08. The molecule has 15 heavy (non-hydrogen) atoms. The Bertz CT molecular complexity index is 208. The van der Waals surface area contributed by atoms with Gasteiger partial charge in [0, 0.05) is 6.04 Å². The fourth-order valence-electron chi connectivity index (χ4n) is 2.02. The van der Waals surface area contributed by atoms with Crippen LogP contribution in [-0.2, 0) is 9.47 Å². The van der Waals surface area contributed by atoms with Crippen LogP contribution in [0.3, 0.4) is 0 Å². The van der Waals surface area contributed by atoms with Crippen LogP contribution in [0, 0.1) is 5.92 Å². The number of ether oxygens (including phenoxy) is 2. The van der Waals surface area contributed by atoms with Crippen LogP contribution < -0.4 is 5.73 Å². The quantitative estimate of drug-likeness (QED) is 0.680. The van der Waals surface area contributed by atoms with Gasteiger partial charge in [-0.05, 0) is 38.0 Å². The van der Waals surface area contributed by atoms with E-state index < -0.39 is 6.16 Å². The summed E-state index contributed by atoms with van der Waals surface area (Å²) in [6.07, 6.45) is 4.39. The summed E-state index contributed by atoms with van der Waals surface area (Å²) < 4.78 is 9.73. The second-order valence-corrected chi connectivity index (χ2v) is 4.36. The molecule has 0 radical (unpaired) electrons. The van der Waals surface area contributed by atoms with Gasteiger partial charge in [0.05, 0.1) is 7.11 Å². The van der Waals surface area contributed by atoms with E-state index in [1.165, 1.54) is 7.11 Å². The van der Waals surface area contributed by atoms with Gasteiger partial charge in [-0.3, -0.25) is 0 Å². The first-order chi connectivity index (χ1) is 7.13. The van der Waals surface area contributed by atoms with Gasteiger partial charge in [-0.15, -0.1) is 0 Å². The van der Waals surface area contributed by atoms with E-state index in [0.717, 1.165) is 32.1 Å². The first-order valence-corrected chi connectivity index (χ1v) is 5.63. The third-order valence-corrected chi connectivity index (χ3v) is 3.11. The maximum absolute atomic E-state index is 11.0. The third-order valence-electron chi connectivity index (χ3n) is 3.11. The van der Waals surface area contributed by atoms with Crippen molar-refractivity contribution in [3.63, 3.8) is 0 Å². The van der Waals surface area contributed by atoms with Gasteiger partial charge in [0.15, 0.2) is 0 Å². The van der Waals surface area contributed by atoms with E-state index in [2.05, 4.69) is 11.7 Å². The van der Waals surface area contributed by atoms with E-state index in [9.17, 15) is 4.79 Å². The zero-order valence-corrected chi connectivity index (χ0v) is 9.57. The van der Waals surface area contributed by atoms with Crippen LogP contribution in [-0.4, -0.2) is 25.4 Å². The Hall–Kier alpha value is -0.770. The Morgan fingerprint density at radius 2 is 2.00 bits per heavy atom. The fourth-order valence-corrected chi connectivity index (χ4v) is 2.02. The van der Waals surface area contributed by atoms with Crippen molar-refractivity contribution in [1.82, 2.24) is 0 Å². The number of nitrogens with two attached hydrogens (primary N) is 1. The molecule has 0 aromatic rings. The molecule has 1 fully saturated rings. The molecule has 3 atom stereocenters. The van der Waals surface area contributed by atoms with Gasteiger partial charge in [-0.1, -0.05) is 6.92 Å². The molecule has 0 bridgehead atoms. The number of rotatable bonds is 1.